The highest BCUT2D eigenvalue weighted by Gasteiger charge is 2.27. The Morgan fingerprint density at radius 1 is 1.38 bits per heavy atom. The van der Waals surface area contributed by atoms with Crippen LogP contribution in [-0.2, 0) is 9.53 Å². The molecule has 0 atom stereocenters. The number of hydrogen-bond donors (Lipinski definition) is 1. The lowest BCUT2D eigenvalue weighted by Gasteiger charge is -2.29. The van der Waals surface area contributed by atoms with Gasteiger partial charge in [-0.3, -0.25) is 9.78 Å². The largest absolute Gasteiger partial charge is 0.466 e. The highest BCUT2D eigenvalue weighted by molar-refractivity contribution is 5.72. The van der Waals surface area contributed by atoms with Crippen molar-refractivity contribution in [1.82, 2.24) is 4.98 Å². The van der Waals surface area contributed by atoms with Crippen molar-refractivity contribution in [1.29, 1.82) is 0 Å². The van der Waals surface area contributed by atoms with Crippen LogP contribution in [0.2, 0.25) is 0 Å². The van der Waals surface area contributed by atoms with Crippen LogP contribution in [0.3, 0.4) is 0 Å². The third-order valence-corrected chi connectivity index (χ3v) is 4.18. The minimum Gasteiger partial charge on any atom is -0.466 e. The fourth-order valence-corrected chi connectivity index (χ4v) is 2.98. The van der Waals surface area contributed by atoms with Crippen LogP contribution in [-0.4, -0.2) is 23.6 Å². The number of carbonyl (C=O) groups is 1. The molecule has 1 saturated carbocycles. The summed E-state index contributed by atoms with van der Waals surface area (Å²) >= 11 is 0. The molecular formula is C17H26N2O2. The number of nitrogens with one attached hydrogen (secondary N) is 1. The van der Waals surface area contributed by atoms with Gasteiger partial charge < -0.3 is 10.1 Å². The molecule has 1 aromatic heterocycles. The standard InChI is InChI=1S/C17H26N2O2/c1-4-21-17(20)13-5-7-14(8-6-13)19-16-11-18-10-9-15(16)12(2)3/h9-14,19H,4-8H2,1-3H3. The van der Waals surface area contributed by atoms with E-state index in [1.54, 1.807) is 0 Å². The molecule has 0 aliphatic heterocycles. The van der Waals surface area contributed by atoms with Crippen molar-refractivity contribution in [2.24, 2.45) is 5.92 Å². The molecule has 2 rings (SSSR count). The molecule has 1 fully saturated rings. The first-order chi connectivity index (χ1) is 10.1. The first kappa shape index (κ1) is 15.8. The Bertz CT molecular complexity index is 466. The number of esters is 1. The van der Waals surface area contributed by atoms with Crippen LogP contribution in [0.25, 0.3) is 0 Å². The van der Waals surface area contributed by atoms with Gasteiger partial charge in [-0.15, -0.1) is 0 Å². The SMILES string of the molecule is CCOC(=O)C1CCC(Nc2cnccc2C(C)C)CC1. The highest BCUT2D eigenvalue weighted by Crippen LogP contribution is 2.30. The van der Waals surface area contributed by atoms with Crippen LogP contribution in [0.4, 0.5) is 5.69 Å². The number of pyridine rings is 1. The average Bonchev–Trinajstić information content (AvgIpc) is 2.48. The van der Waals surface area contributed by atoms with Crippen LogP contribution in [0.1, 0.15) is 57.9 Å². The molecule has 1 aliphatic carbocycles. The normalized spacial score (nSPS) is 22.1. The van der Waals surface area contributed by atoms with Gasteiger partial charge in [-0.05, 0) is 50.2 Å². The number of rotatable bonds is 5. The monoisotopic (exact) mass is 290 g/mol. The molecule has 0 saturated heterocycles. The lowest BCUT2D eigenvalue weighted by molar-refractivity contribution is -0.149. The van der Waals surface area contributed by atoms with E-state index in [0.29, 0.717) is 18.6 Å². The Hall–Kier alpha value is -1.58. The summed E-state index contributed by atoms with van der Waals surface area (Å²) in [5.74, 6) is 0.535. The summed E-state index contributed by atoms with van der Waals surface area (Å²) in [5.41, 5.74) is 2.43. The number of ether oxygens (including phenoxy) is 1. The molecule has 0 amide bonds. The Labute approximate surface area is 127 Å². The van der Waals surface area contributed by atoms with Crippen molar-refractivity contribution in [2.75, 3.05) is 11.9 Å². The number of aromatic nitrogens is 1. The molecule has 116 valence electrons. The quantitative estimate of drug-likeness (QED) is 0.839. The van der Waals surface area contributed by atoms with Gasteiger partial charge in [0.05, 0.1) is 24.4 Å². The fourth-order valence-electron chi connectivity index (χ4n) is 2.98. The summed E-state index contributed by atoms with van der Waals surface area (Å²) in [5, 5.41) is 3.61. The van der Waals surface area contributed by atoms with E-state index in [9.17, 15) is 4.79 Å². The van der Waals surface area contributed by atoms with Crippen LogP contribution in [0.15, 0.2) is 18.5 Å². The van der Waals surface area contributed by atoms with Crippen molar-refractivity contribution >= 4 is 11.7 Å². The Morgan fingerprint density at radius 3 is 2.71 bits per heavy atom. The van der Waals surface area contributed by atoms with Gasteiger partial charge in [-0.25, -0.2) is 0 Å². The van der Waals surface area contributed by atoms with Gasteiger partial charge in [0.2, 0.25) is 0 Å². The maximum absolute atomic E-state index is 11.8. The van der Waals surface area contributed by atoms with Crippen molar-refractivity contribution in [3.63, 3.8) is 0 Å². The van der Waals surface area contributed by atoms with E-state index in [-0.39, 0.29) is 11.9 Å². The molecule has 0 radical (unpaired) electrons. The molecule has 0 aromatic carbocycles. The molecule has 4 nitrogen and oxygen atoms in total. The first-order valence-corrected chi connectivity index (χ1v) is 7.98. The summed E-state index contributed by atoms with van der Waals surface area (Å²) < 4.78 is 5.12. The van der Waals surface area contributed by atoms with E-state index < -0.39 is 0 Å². The van der Waals surface area contributed by atoms with Crippen LogP contribution >= 0.6 is 0 Å². The lowest BCUT2D eigenvalue weighted by atomic mass is 9.86. The maximum atomic E-state index is 11.8. The molecule has 0 unspecified atom stereocenters. The Kier molecular flexibility index (Phi) is 5.59. The predicted octanol–water partition coefficient (Wildman–Crippen LogP) is 3.74. The fraction of sp³-hybridized carbons (Fsp3) is 0.647. The Morgan fingerprint density at radius 2 is 2.10 bits per heavy atom. The lowest BCUT2D eigenvalue weighted by Crippen LogP contribution is -2.30. The van der Waals surface area contributed by atoms with E-state index in [2.05, 4.69) is 30.2 Å². The van der Waals surface area contributed by atoms with Crippen molar-refractivity contribution in [3.8, 4) is 0 Å². The van der Waals surface area contributed by atoms with Gasteiger partial charge in [0.25, 0.3) is 0 Å². The molecule has 4 heteroatoms. The van der Waals surface area contributed by atoms with E-state index in [1.165, 1.54) is 5.56 Å². The number of anilines is 1. The van der Waals surface area contributed by atoms with E-state index in [0.717, 1.165) is 31.4 Å². The zero-order valence-electron chi connectivity index (χ0n) is 13.3. The Balaban J connectivity index is 1.91. The summed E-state index contributed by atoms with van der Waals surface area (Å²) in [4.78, 5) is 16.0. The van der Waals surface area contributed by atoms with Crippen LogP contribution in [0.5, 0.6) is 0 Å². The second-order valence-corrected chi connectivity index (χ2v) is 6.06. The number of carbonyl (C=O) groups excluding carboxylic acids is 1. The molecule has 1 aromatic rings. The molecule has 0 bridgehead atoms. The summed E-state index contributed by atoms with van der Waals surface area (Å²) in [6.07, 6.45) is 7.60. The first-order valence-electron chi connectivity index (χ1n) is 7.98. The van der Waals surface area contributed by atoms with Gasteiger partial charge in [0, 0.05) is 12.2 Å². The minimum atomic E-state index is -0.0276. The molecule has 1 heterocycles. The van der Waals surface area contributed by atoms with E-state index in [1.807, 2.05) is 19.3 Å². The minimum absolute atomic E-state index is 0.0276. The summed E-state index contributed by atoms with van der Waals surface area (Å²) in [6.45, 7) is 6.72. The van der Waals surface area contributed by atoms with Gasteiger partial charge in [0.1, 0.15) is 0 Å². The predicted molar refractivity (Wildman–Crippen MR) is 84.3 cm³/mol. The third kappa shape index (κ3) is 4.19. The molecular weight excluding hydrogens is 264 g/mol. The molecule has 1 N–H and O–H groups in total. The van der Waals surface area contributed by atoms with Crippen molar-refractivity contribution in [2.45, 2.75) is 58.4 Å². The van der Waals surface area contributed by atoms with Crippen molar-refractivity contribution in [3.05, 3.63) is 24.0 Å². The smallest absolute Gasteiger partial charge is 0.308 e. The zero-order valence-corrected chi connectivity index (χ0v) is 13.3. The highest BCUT2D eigenvalue weighted by atomic mass is 16.5. The maximum Gasteiger partial charge on any atom is 0.308 e. The average molecular weight is 290 g/mol. The van der Waals surface area contributed by atoms with Gasteiger partial charge in [-0.1, -0.05) is 13.8 Å². The second kappa shape index (κ2) is 7.43. The van der Waals surface area contributed by atoms with Crippen LogP contribution in [0, 0.1) is 5.92 Å². The molecule has 21 heavy (non-hydrogen) atoms. The van der Waals surface area contributed by atoms with Gasteiger partial charge >= 0.3 is 5.97 Å². The molecule has 0 spiro atoms. The summed E-state index contributed by atoms with van der Waals surface area (Å²) in [6, 6.07) is 2.51. The number of nitrogens with zero attached hydrogens (tertiary/aromatic N) is 1. The number of hydrogen-bond acceptors (Lipinski definition) is 4. The third-order valence-electron chi connectivity index (χ3n) is 4.18. The summed E-state index contributed by atoms with van der Waals surface area (Å²) in [7, 11) is 0. The zero-order chi connectivity index (χ0) is 15.2. The molecule has 1 aliphatic rings. The van der Waals surface area contributed by atoms with Gasteiger partial charge in [0.15, 0.2) is 0 Å². The van der Waals surface area contributed by atoms with Gasteiger partial charge in [-0.2, -0.15) is 0 Å². The van der Waals surface area contributed by atoms with Crippen LogP contribution < -0.4 is 5.32 Å². The van der Waals surface area contributed by atoms with Crippen molar-refractivity contribution < 1.29 is 9.53 Å². The van der Waals surface area contributed by atoms with E-state index >= 15 is 0 Å². The topological polar surface area (TPSA) is 51.2 Å². The van der Waals surface area contributed by atoms with E-state index in [4.69, 9.17) is 4.74 Å². The second-order valence-electron chi connectivity index (χ2n) is 6.06.